The summed E-state index contributed by atoms with van der Waals surface area (Å²) in [6.45, 7) is 4.31. The van der Waals surface area contributed by atoms with Crippen LogP contribution >= 0.6 is 0 Å². The number of nitrogens with one attached hydrogen (secondary N) is 1. The minimum Gasteiger partial charge on any atom is -0.510 e. The first-order chi connectivity index (χ1) is 5.75. The van der Waals surface area contributed by atoms with Gasteiger partial charge < -0.3 is 15.2 Å². The summed E-state index contributed by atoms with van der Waals surface area (Å²) in [5, 5.41) is 13.2. The highest BCUT2D eigenvalue weighted by atomic mass is 16.5. The van der Waals surface area contributed by atoms with Gasteiger partial charge >= 0.3 is 0 Å². The van der Waals surface area contributed by atoms with E-state index in [-0.39, 0.29) is 5.54 Å². The van der Waals surface area contributed by atoms with Gasteiger partial charge in [0.15, 0.2) is 0 Å². The maximum atomic E-state index is 9.83. The maximum absolute atomic E-state index is 9.83. The molecule has 1 saturated heterocycles. The predicted molar refractivity (Wildman–Crippen MR) is 46.1 cm³/mol. The Labute approximate surface area is 72.4 Å². The van der Waals surface area contributed by atoms with E-state index in [0.717, 1.165) is 38.2 Å². The lowest BCUT2D eigenvalue weighted by atomic mass is 9.89. The van der Waals surface area contributed by atoms with Crippen molar-refractivity contribution in [3.8, 4) is 0 Å². The summed E-state index contributed by atoms with van der Waals surface area (Å²) in [6.07, 6.45) is 1.80. The van der Waals surface area contributed by atoms with Gasteiger partial charge in [-0.05, 0) is 25.3 Å². The Hall–Kier alpha value is -0.540. The molecule has 0 aromatic heterocycles. The van der Waals surface area contributed by atoms with E-state index in [1.807, 2.05) is 6.92 Å². The number of rotatable bonds is 0. The molecule has 3 heteroatoms. The standard InChI is InChI=1S/C9H15NO2/c1-7-6-10-9(8(7)11)2-4-12-5-3-9/h10-11H,2-6H2,1H3. The second kappa shape index (κ2) is 2.75. The number of hydrogen-bond acceptors (Lipinski definition) is 3. The fourth-order valence-electron chi connectivity index (χ4n) is 2.01. The molecular formula is C9H15NO2. The molecule has 0 aliphatic carbocycles. The van der Waals surface area contributed by atoms with E-state index < -0.39 is 0 Å². The Morgan fingerprint density at radius 3 is 2.58 bits per heavy atom. The van der Waals surface area contributed by atoms with Crippen LogP contribution in [0.4, 0.5) is 0 Å². The van der Waals surface area contributed by atoms with Crippen LogP contribution in [0, 0.1) is 0 Å². The Balaban J connectivity index is 2.21. The monoisotopic (exact) mass is 169 g/mol. The molecule has 12 heavy (non-hydrogen) atoms. The molecule has 0 unspecified atom stereocenters. The Kier molecular flexibility index (Phi) is 1.85. The summed E-state index contributed by atoms with van der Waals surface area (Å²) in [6, 6.07) is 0. The maximum Gasteiger partial charge on any atom is 0.113 e. The molecule has 0 saturated carbocycles. The molecule has 1 fully saturated rings. The highest BCUT2D eigenvalue weighted by molar-refractivity contribution is 5.27. The molecule has 0 atom stereocenters. The third kappa shape index (κ3) is 1.04. The van der Waals surface area contributed by atoms with E-state index in [9.17, 15) is 5.11 Å². The zero-order chi connectivity index (χ0) is 8.60. The van der Waals surface area contributed by atoms with Crippen LogP contribution in [-0.2, 0) is 4.74 Å². The quantitative estimate of drug-likeness (QED) is 0.567. The summed E-state index contributed by atoms with van der Waals surface area (Å²) in [5.41, 5.74) is 0.944. The fraction of sp³-hybridized carbons (Fsp3) is 0.778. The van der Waals surface area contributed by atoms with Crippen molar-refractivity contribution in [3.05, 3.63) is 11.3 Å². The Morgan fingerprint density at radius 1 is 1.42 bits per heavy atom. The minimum absolute atomic E-state index is 0.137. The molecular weight excluding hydrogens is 154 g/mol. The topological polar surface area (TPSA) is 41.5 Å². The zero-order valence-corrected chi connectivity index (χ0v) is 7.39. The molecule has 1 spiro atoms. The van der Waals surface area contributed by atoms with Gasteiger partial charge in [0.1, 0.15) is 5.76 Å². The van der Waals surface area contributed by atoms with Gasteiger partial charge in [0.05, 0.1) is 5.54 Å². The minimum atomic E-state index is -0.137. The van der Waals surface area contributed by atoms with Crippen molar-refractivity contribution in [1.29, 1.82) is 0 Å². The summed E-state index contributed by atoms with van der Waals surface area (Å²) < 4.78 is 5.27. The van der Waals surface area contributed by atoms with Gasteiger partial charge in [0.2, 0.25) is 0 Å². The van der Waals surface area contributed by atoms with E-state index in [1.54, 1.807) is 0 Å². The van der Waals surface area contributed by atoms with Gasteiger partial charge in [-0.15, -0.1) is 0 Å². The number of ether oxygens (including phenoxy) is 1. The number of aliphatic hydroxyl groups is 1. The Bertz CT molecular complexity index is 217. The first-order valence-corrected chi connectivity index (χ1v) is 4.47. The molecule has 2 rings (SSSR count). The normalized spacial score (nSPS) is 28.4. The van der Waals surface area contributed by atoms with E-state index in [4.69, 9.17) is 4.74 Å². The molecule has 0 bridgehead atoms. The van der Waals surface area contributed by atoms with Crippen molar-refractivity contribution in [1.82, 2.24) is 5.32 Å². The van der Waals surface area contributed by atoms with E-state index in [0.29, 0.717) is 5.76 Å². The molecule has 0 amide bonds. The van der Waals surface area contributed by atoms with E-state index in [1.165, 1.54) is 0 Å². The van der Waals surface area contributed by atoms with Crippen LogP contribution in [-0.4, -0.2) is 30.4 Å². The smallest absolute Gasteiger partial charge is 0.113 e. The largest absolute Gasteiger partial charge is 0.510 e. The zero-order valence-electron chi connectivity index (χ0n) is 7.39. The van der Waals surface area contributed by atoms with E-state index >= 15 is 0 Å². The van der Waals surface area contributed by atoms with Gasteiger partial charge in [0, 0.05) is 19.8 Å². The highest BCUT2D eigenvalue weighted by Crippen LogP contribution is 2.32. The van der Waals surface area contributed by atoms with Gasteiger partial charge in [-0.3, -0.25) is 0 Å². The van der Waals surface area contributed by atoms with Gasteiger partial charge in [0.25, 0.3) is 0 Å². The first kappa shape index (κ1) is 8.08. The molecule has 3 nitrogen and oxygen atoms in total. The van der Waals surface area contributed by atoms with Crippen LogP contribution in [0.5, 0.6) is 0 Å². The molecule has 68 valence electrons. The molecule has 0 aromatic carbocycles. The lowest BCUT2D eigenvalue weighted by molar-refractivity contribution is 0.0424. The second-order valence-electron chi connectivity index (χ2n) is 3.68. The average molecular weight is 169 g/mol. The van der Waals surface area contributed by atoms with E-state index in [2.05, 4.69) is 5.32 Å². The summed E-state index contributed by atoms with van der Waals surface area (Å²) in [4.78, 5) is 0. The van der Waals surface area contributed by atoms with Crippen LogP contribution < -0.4 is 5.32 Å². The van der Waals surface area contributed by atoms with Crippen LogP contribution in [0.25, 0.3) is 0 Å². The highest BCUT2D eigenvalue weighted by Gasteiger charge is 2.40. The van der Waals surface area contributed by atoms with Crippen molar-refractivity contribution in [2.24, 2.45) is 0 Å². The molecule has 2 aliphatic heterocycles. The van der Waals surface area contributed by atoms with Gasteiger partial charge in [-0.2, -0.15) is 0 Å². The summed E-state index contributed by atoms with van der Waals surface area (Å²) >= 11 is 0. The van der Waals surface area contributed by atoms with Crippen molar-refractivity contribution < 1.29 is 9.84 Å². The van der Waals surface area contributed by atoms with Gasteiger partial charge in [-0.1, -0.05) is 0 Å². The Morgan fingerprint density at radius 2 is 2.08 bits per heavy atom. The lowest BCUT2D eigenvalue weighted by Crippen LogP contribution is -2.47. The number of hydrogen-bond donors (Lipinski definition) is 2. The van der Waals surface area contributed by atoms with Crippen molar-refractivity contribution in [2.45, 2.75) is 25.3 Å². The molecule has 2 aliphatic rings. The lowest BCUT2D eigenvalue weighted by Gasteiger charge is -2.33. The van der Waals surface area contributed by atoms with Crippen LogP contribution in [0.2, 0.25) is 0 Å². The third-order valence-electron chi connectivity index (χ3n) is 2.90. The number of aliphatic hydroxyl groups excluding tert-OH is 1. The van der Waals surface area contributed by atoms with Crippen LogP contribution in [0.15, 0.2) is 11.3 Å². The van der Waals surface area contributed by atoms with Crippen molar-refractivity contribution >= 4 is 0 Å². The third-order valence-corrected chi connectivity index (χ3v) is 2.90. The van der Waals surface area contributed by atoms with Crippen LogP contribution in [0.3, 0.4) is 0 Å². The summed E-state index contributed by atoms with van der Waals surface area (Å²) in [5.74, 6) is 0.561. The van der Waals surface area contributed by atoms with Crippen molar-refractivity contribution in [2.75, 3.05) is 19.8 Å². The molecule has 0 radical (unpaired) electrons. The SMILES string of the molecule is CC1=C(O)C2(CCOCC2)NC1. The summed E-state index contributed by atoms with van der Waals surface area (Å²) in [7, 11) is 0. The second-order valence-corrected chi connectivity index (χ2v) is 3.68. The van der Waals surface area contributed by atoms with Gasteiger partial charge in [-0.25, -0.2) is 0 Å². The first-order valence-electron chi connectivity index (χ1n) is 4.47. The van der Waals surface area contributed by atoms with Crippen molar-refractivity contribution in [3.63, 3.8) is 0 Å². The fourth-order valence-corrected chi connectivity index (χ4v) is 2.01. The molecule has 0 aromatic rings. The van der Waals surface area contributed by atoms with Crippen LogP contribution in [0.1, 0.15) is 19.8 Å². The predicted octanol–water partition coefficient (Wildman–Crippen LogP) is 0.971. The average Bonchev–Trinajstić information content (AvgIpc) is 2.37. The molecule has 2 heterocycles. The molecule has 2 N–H and O–H groups in total.